The van der Waals surface area contributed by atoms with Crippen LogP contribution in [0.15, 0.2) is 0 Å². The summed E-state index contributed by atoms with van der Waals surface area (Å²) < 4.78 is 0. The standard InChI is InChI=1S/C14H23N3O3/c1-3-14(2)12(19)15-13(20)17(14)10-11(18)16-8-6-4-5-7-9-16/h3-10H2,1-2H3,(H,15,19,20). The molecule has 1 unspecified atom stereocenters. The zero-order valence-corrected chi connectivity index (χ0v) is 12.3. The summed E-state index contributed by atoms with van der Waals surface area (Å²) in [5.74, 6) is -0.370. The summed E-state index contributed by atoms with van der Waals surface area (Å²) in [7, 11) is 0. The Balaban J connectivity index is 2.05. The van der Waals surface area contributed by atoms with Crippen LogP contribution in [-0.4, -0.2) is 52.8 Å². The Hall–Kier alpha value is -1.59. The summed E-state index contributed by atoms with van der Waals surface area (Å²) in [6.07, 6.45) is 4.83. The van der Waals surface area contributed by atoms with E-state index in [0.29, 0.717) is 6.42 Å². The number of carbonyl (C=O) groups excluding carboxylic acids is 3. The van der Waals surface area contributed by atoms with E-state index in [1.54, 1.807) is 6.92 Å². The van der Waals surface area contributed by atoms with Crippen LogP contribution < -0.4 is 5.32 Å². The summed E-state index contributed by atoms with van der Waals surface area (Å²) in [6, 6.07) is -0.456. The number of amides is 4. The SMILES string of the molecule is CCC1(C)C(=O)NC(=O)N1CC(=O)N1CCCCCC1. The van der Waals surface area contributed by atoms with Crippen molar-refractivity contribution in [3.05, 3.63) is 0 Å². The number of hydrogen-bond donors (Lipinski definition) is 1. The Morgan fingerprint density at radius 2 is 1.80 bits per heavy atom. The zero-order chi connectivity index (χ0) is 14.8. The summed E-state index contributed by atoms with van der Waals surface area (Å²) >= 11 is 0. The molecule has 112 valence electrons. The fraction of sp³-hybridized carbons (Fsp3) is 0.786. The lowest BCUT2D eigenvalue weighted by Gasteiger charge is -2.32. The zero-order valence-electron chi connectivity index (χ0n) is 12.3. The lowest BCUT2D eigenvalue weighted by Crippen LogP contribution is -2.51. The van der Waals surface area contributed by atoms with Gasteiger partial charge in [0.2, 0.25) is 5.91 Å². The van der Waals surface area contributed by atoms with Crippen LogP contribution in [0.3, 0.4) is 0 Å². The maximum atomic E-state index is 12.4. The summed E-state index contributed by atoms with van der Waals surface area (Å²) in [5, 5.41) is 2.31. The lowest BCUT2D eigenvalue weighted by molar-refractivity contribution is -0.134. The number of imide groups is 1. The second-order valence-electron chi connectivity index (χ2n) is 5.77. The minimum atomic E-state index is -0.904. The molecule has 0 radical (unpaired) electrons. The maximum absolute atomic E-state index is 12.4. The van der Waals surface area contributed by atoms with Gasteiger partial charge in [0.25, 0.3) is 5.91 Å². The minimum Gasteiger partial charge on any atom is -0.341 e. The van der Waals surface area contributed by atoms with E-state index in [1.165, 1.54) is 4.90 Å². The van der Waals surface area contributed by atoms with Gasteiger partial charge in [-0.15, -0.1) is 0 Å². The molecule has 0 aliphatic carbocycles. The van der Waals surface area contributed by atoms with Gasteiger partial charge >= 0.3 is 6.03 Å². The van der Waals surface area contributed by atoms with Gasteiger partial charge in [0.05, 0.1) is 0 Å². The molecule has 0 aromatic rings. The van der Waals surface area contributed by atoms with Crippen LogP contribution in [0.1, 0.15) is 46.0 Å². The fourth-order valence-electron chi connectivity index (χ4n) is 2.80. The highest BCUT2D eigenvalue weighted by Gasteiger charge is 2.48. The van der Waals surface area contributed by atoms with Crippen molar-refractivity contribution in [3.8, 4) is 0 Å². The van der Waals surface area contributed by atoms with Crippen molar-refractivity contribution in [2.45, 2.75) is 51.5 Å². The molecule has 2 heterocycles. The van der Waals surface area contributed by atoms with Crippen molar-refractivity contribution in [1.82, 2.24) is 15.1 Å². The average molecular weight is 281 g/mol. The third-order valence-corrected chi connectivity index (χ3v) is 4.49. The number of rotatable bonds is 3. The first-order valence-electron chi connectivity index (χ1n) is 7.40. The molecule has 0 spiro atoms. The van der Waals surface area contributed by atoms with Gasteiger partial charge in [0, 0.05) is 13.1 Å². The van der Waals surface area contributed by atoms with Crippen LogP contribution in [-0.2, 0) is 9.59 Å². The number of urea groups is 1. The molecule has 20 heavy (non-hydrogen) atoms. The van der Waals surface area contributed by atoms with Crippen molar-refractivity contribution in [1.29, 1.82) is 0 Å². The minimum absolute atomic E-state index is 0.0120. The van der Waals surface area contributed by atoms with E-state index in [2.05, 4.69) is 5.32 Å². The highest BCUT2D eigenvalue weighted by atomic mass is 16.2. The van der Waals surface area contributed by atoms with E-state index in [4.69, 9.17) is 0 Å². The second kappa shape index (κ2) is 5.81. The predicted octanol–water partition coefficient (Wildman–Crippen LogP) is 1.11. The molecule has 6 heteroatoms. The topological polar surface area (TPSA) is 69.7 Å². The molecule has 0 bridgehead atoms. The van der Waals surface area contributed by atoms with E-state index in [-0.39, 0.29) is 18.4 Å². The van der Waals surface area contributed by atoms with Crippen molar-refractivity contribution in [3.63, 3.8) is 0 Å². The molecular formula is C14H23N3O3. The molecule has 2 aliphatic rings. The van der Waals surface area contributed by atoms with E-state index in [1.807, 2.05) is 11.8 Å². The van der Waals surface area contributed by atoms with Crippen LogP contribution in [0.25, 0.3) is 0 Å². The number of likely N-dealkylation sites (tertiary alicyclic amines) is 1. The van der Waals surface area contributed by atoms with Gasteiger partial charge < -0.3 is 9.80 Å². The van der Waals surface area contributed by atoms with Crippen molar-refractivity contribution < 1.29 is 14.4 Å². The lowest BCUT2D eigenvalue weighted by atomic mass is 9.97. The summed E-state index contributed by atoms with van der Waals surface area (Å²) in [5.41, 5.74) is -0.904. The van der Waals surface area contributed by atoms with Crippen LogP contribution in [0, 0.1) is 0 Å². The Bertz CT molecular complexity index is 416. The van der Waals surface area contributed by atoms with Crippen LogP contribution in [0.5, 0.6) is 0 Å². The molecular weight excluding hydrogens is 258 g/mol. The van der Waals surface area contributed by atoms with Gasteiger partial charge in [0.15, 0.2) is 0 Å². The van der Waals surface area contributed by atoms with Gasteiger partial charge in [0.1, 0.15) is 12.1 Å². The van der Waals surface area contributed by atoms with Crippen LogP contribution in [0.4, 0.5) is 4.79 Å². The quantitative estimate of drug-likeness (QED) is 0.788. The average Bonchev–Trinajstić information content (AvgIpc) is 2.67. The Labute approximate surface area is 119 Å². The number of nitrogens with one attached hydrogen (secondary N) is 1. The van der Waals surface area contributed by atoms with Crippen molar-refractivity contribution >= 4 is 17.8 Å². The largest absolute Gasteiger partial charge is 0.341 e. The van der Waals surface area contributed by atoms with Crippen molar-refractivity contribution in [2.75, 3.05) is 19.6 Å². The molecule has 2 aliphatic heterocycles. The first-order valence-corrected chi connectivity index (χ1v) is 7.40. The van der Waals surface area contributed by atoms with Crippen LogP contribution in [0.2, 0.25) is 0 Å². The Morgan fingerprint density at radius 3 is 2.35 bits per heavy atom. The number of nitrogens with zero attached hydrogens (tertiary/aromatic N) is 2. The first-order chi connectivity index (χ1) is 9.49. The summed E-state index contributed by atoms with van der Waals surface area (Å²) in [6.45, 7) is 5.06. The molecule has 2 saturated heterocycles. The third-order valence-electron chi connectivity index (χ3n) is 4.49. The van der Waals surface area contributed by atoms with E-state index in [0.717, 1.165) is 38.8 Å². The van der Waals surface area contributed by atoms with Gasteiger partial charge in [-0.3, -0.25) is 14.9 Å². The third kappa shape index (κ3) is 2.64. The van der Waals surface area contributed by atoms with E-state index < -0.39 is 11.6 Å². The molecule has 2 fully saturated rings. The highest BCUT2D eigenvalue weighted by Crippen LogP contribution is 2.25. The van der Waals surface area contributed by atoms with Gasteiger partial charge in [-0.25, -0.2) is 4.79 Å². The smallest absolute Gasteiger partial charge is 0.325 e. The molecule has 0 aromatic carbocycles. The van der Waals surface area contributed by atoms with Crippen molar-refractivity contribution in [2.24, 2.45) is 0 Å². The van der Waals surface area contributed by atoms with Crippen LogP contribution >= 0.6 is 0 Å². The Morgan fingerprint density at radius 1 is 1.20 bits per heavy atom. The van der Waals surface area contributed by atoms with Gasteiger partial charge in [-0.1, -0.05) is 19.8 Å². The molecule has 6 nitrogen and oxygen atoms in total. The predicted molar refractivity (Wildman–Crippen MR) is 74.0 cm³/mol. The van der Waals surface area contributed by atoms with E-state index >= 15 is 0 Å². The Kier molecular flexibility index (Phi) is 4.30. The highest BCUT2D eigenvalue weighted by molar-refractivity contribution is 6.07. The van der Waals surface area contributed by atoms with Gasteiger partial charge in [-0.2, -0.15) is 0 Å². The van der Waals surface area contributed by atoms with E-state index in [9.17, 15) is 14.4 Å². The molecule has 0 saturated carbocycles. The molecule has 4 amide bonds. The van der Waals surface area contributed by atoms with Gasteiger partial charge in [-0.05, 0) is 26.2 Å². The molecule has 1 N–H and O–H groups in total. The normalized spacial score (nSPS) is 27.5. The number of carbonyl (C=O) groups is 3. The summed E-state index contributed by atoms with van der Waals surface area (Å²) in [4.78, 5) is 39.3. The monoisotopic (exact) mass is 281 g/mol. The molecule has 0 aromatic heterocycles. The fourth-order valence-corrected chi connectivity index (χ4v) is 2.80. The second-order valence-corrected chi connectivity index (χ2v) is 5.77. The first kappa shape index (κ1) is 14.8. The maximum Gasteiger partial charge on any atom is 0.325 e. The molecule has 2 rings (SSSR count). The number of hydrogen-bond acceptors (Lipinski definition) is 3. The molecule has 1 atom stereocenters.